The van der Waals surface area contributed by atoms with Gasteiger partial charge in [-0.3, -0.25) is 0 Å². The van der Waals surface area contributed by atoms with Crippen LogP contribution in [-0.2, 0) is 6.54 Å². The first kappa shape index (κ1) is 15.4. The molecular formula is C14H21N3O4. The minimum Gasteiger partial charge on any atom is -0.478 e. The van der Waals surface area contributed by atoms with Crippen LogP contribution in [0.25, 0.3) is 0 Å². The van der Waals surface area contributed by atoms with Gasteiger partial charge >= 0.3 is 12.0 Å². The SMILES string of the molecule is Cc1oc(CNC(=O)N2CCC(N(C)C)C2)cc1C(=O)O. The highest BCUT2D eigenvalue weighted by atomic mass is 16.4. The zero-order chi connectivity index (χ0) is 15.6. The average molecular weight is 295 g/mol. The number of aryl methyl sites for hydroxylation is 1. The second-order valence-corrected chi connectivity index (χ2v) is 5.50. The summed E-state index contributed by atoms with van der Waals surface area (Å²) in [6, 6.07) is 1.69. The summed E-state index contributed by atoms with van der Waals surface area (Å²) in [7, 11) is 4.01. The molecule has 0 radical (unpaired) electrons. The summed E-state index contributed by atoms with van der Waals surface area (Å²) in [4.78, 5) is 26.8. The Kier molecular flexibility index (Phi) is 4.52. The van der Waals surface area contributed by atoms with Gasteiger partial charge in [0.2, 0.25) is 0 Å². The number of hydrogen-bond acceptors (Lipinski definition) is 4. The topological polar surface area (TPSA) is 86.0 Å². The van der Waals surface area contributed by atoms with Gasteiger partial charge in [0.25, 0.3) is 0 Å². The minimum atomic E-state index is -1.03. The molecule has 1 aromatic rings. The van der Waals surface area contributed by atoms with E-state index in [-0.39, 0.29) is 18.1 Å². The van der Waals surface area contributed by atoms with Crippen LogP contribution in [0.4, 0.5) is 4.79 Å². The van der Waals surface area contributed by atoms with Gasteiger partial charge in [-0.25, -0.2) is 9.59 Å². The van der Waals surface area contributed by atoms with Crippen molar-refractivity contribution in [3.63, 3.8) is 0 Å². The van der Waals surface area contributed by atoms with Crippen molar-refractivity contribution in [1.82, 2.24) is 15.1 Å². The number of likely N-dealkylation sites (N-methyl/N-ethyl adjacent to an activating group) is 1. The number of furan rings is 1. The van der Waals surface area contributed by atoms with Crippen molar-refractivity contribution in [1.29, 1.82) is 0 Å². The highest BCUT2D eigenvalue weighted by Crippen LogP contribution is 2.16. The predicted octanol–water partition coefficient (Wildman–Crippen LogP) is 1.13. The van der Waals surface area contributed by atoms with Crippen molar-refractivity contribution in [2.45, 2.75) is 25.9 Å². The third-order valence-electron chi connectivity index (χ3n) is 3.79. The van der Waals surface area contributed by atoms with Crippen LogP contribution in [-0.4, -0.2) is 60.1 Å². The van der Waals surface area contributed by atoms with E-state index in [1.807, 2.05) is 14.1 Å². The van der Waals surface area contributed by atoms with E-state index in [1.165, 1.54) is 6.07 Å². The molecule has 21 heavy (non-hydrogen) atoms. The summed E-state index contributed by atoms with van der Waals surface area (Å²) in [5.74, 6) is -0.232. The largest absolute Gasteiger partial charge is 0.478 e. The molecule has 1 aliphatic rings. The van der Waals surface area contributed by atoms with Gasteiger partial charge in [0, 0.05) is 19.1 Å². The maximum absolute atomic E-state index is 12.1. The van der Waals surface area contributed by atoms with Gasteiger partial charge in [-0.15, -0.1) is 0 Å². The minimum absolute atomic E-state index is 0.132. The molecule has 0 saturated carbocycles. The van der Waals surface area contributed by atoms with Crippen LogP contribution < -0.4 is 5.32 Å². The van der Waals surface area contributed by atoms with E-state index in [2.05, 4.69) is 10.2 Å². The number of likely N-dealkylation sites (tertiary alicyclic amines) is 1. The maximum atomic E-state index is 12.1. The number of rotatable bonds is 4. The fraction of sp³-hybridized carbons (Fsp3) is 0.571. The molecule has 0 bridgehead atoms. The van der Waals surface area contributed by atoms with Crippen LogP contribution in [0.2, 0.25) is 0 Å². The van der Waals surface area contributed by atoms with Gasteiger partial charge in [0.1, 0.15) is 17.1 Å². The van der Waals surface area contributed by atoms with Crippen LogP contribution in [0, 0.1) is 6.92 Å². The van der Waals surface area contributed by atoms with E-state index in [9.17, 15) is 9.59 Å². The van der Waals surface area contributed by atoms with Crippen molar-refractivity contribution in [2.24, 2.45) is 0 Å². The quantitative estimate of drug-likeness (QED) is 0.869. The molecule has 1 atom stereocenters. The van der Waals surface area contributed by atoms with Crippen molar-refractivity contribution in [3.8, 4) is 0 Å². The van der Waals surface area contributed by atoms with Crippen LogP contribution in [0.15, 0.2) is 10.5 Å². The molecule has 0 spiro atoms. The number of nitrogens with zero attached hydrogens (tertiary/aromatic N) is 2. The normalized spacial score (nSPS) is 18.3. The summed E-state index contributed by atoms with van der Waals surface area (Å²) >= 11 is 0. The van der Waals surface area contributed by atoms with Crippen molar-refractivity contribution >= 4 is 12.0 Å². The number of urea groups is 1. The Bertz CT molecular complexity index is 538. The Morgan fingerprint density at radius 1 is 1.52 bits per heavy atom. The van der Waals surface area contributed by atoms with Crippen molar-refractivity contribution in [2.75, 3.05) is 27.2 Å². The zero-order valence-electron chi connectivity index (χ0n) is 12.5. The fourth-order valence-corrected chi connectivity index (χ4v) is 2.47. The lowest BCUT2D eigenvalue weighted by Gasteiger charge is -2.20. The maximum Gasteiger partial charge on any atom is 0.339 e. The highest BCUT2D eigenvalue weighted by molar-refractivity contribution is 5.88. The molecule has 7 nitrogen and oxygen atoms in total. The Labute approximate surface area is 123 Å². The number of aromatic carboxylic acids is 1. The van der Waals surface area contributed by atoms with Crippen LogP contribution >= 0.6 is 0 Å². The number of nitrogens with one attached hydrogen (secondary N) is 1. The van der Waals surface area contributed by atoms with Crippen LogP contribution in [0.1, 0.15) is 28.3 Å². The highest BCUT2D eigenvalue weighted by Gasteiger charge is 2.27. The van der Waals surface area contributed by atoms with Gasteiger partial charge in [-0.05, 0) is 33.5 Å². The molecule has 1 unspecified atom stereocenters. The van der Waals surface area contributed by atoms with Crippen molar-refractivity contribution in [3.05, 3.63) is 23.2 Å². The van der Waals surface area contributed by atoms with Gasteiger partial charge in [0.05, 0.1) is 6.54 Å². The van der Waals surface area contributed by atoms with Gasteiger partial charge in [0.15, 0.2) is 0 Å². The third-order valence-corrected chi connectivity index (χ3v) is 3.79. The van der Waals surface area contributed by atoms with Gasteiger partial charge in [-0.2, -0.15) is 0 Å². The second-order valence-electron chi connectivity index (χ2n) is 5.50. The average Bonchev–Trinajstić information content (AvgIpc) is 3.02. The number of carbonyl (C=O) groups excluding carboxylic acids is 1. The molecule has 116 valence electrons. The Hall–Kier alpha value is -2.02. The molecule has 2 N–H and O–H groups in total. The summed E-state index contributed by atoms with van der Waals surface area (Å²) in [5, 5.41) is 11.7. The van der Waals surface area contributed by atoms with E-state index >= 15 is 0 Å². The number of carboxylic acids is 1. The standard InChI is InChI=1S/C14H21N3O4/c1-9-12(13(18)19)6-11(21-9)7-15-14(20)17-5-4-10(8-17)16(2)3/h6,10H,4-5,7-8H2,1-3H3,(H,15,20)(H,18,19). The molecule has 1 fully saturated rings. The molecule has 1 aliphatic heterocycles. The Morgan fingerprint density at radius 3 is 2.76 bits per heavy atom. The van der Waals surface area contributed by atoms with Crippen LogP contribution in [0.3, 0.4) is 0 Å². The first-order chi connectivity index (χ1) is 9.88. The first-order valence-corrected chi connectivity index (χ1v) is 6.90. The Morgan fingerprint density at radius 2 is 2.24 bits per heavy atom. The number of carbonyl (C=O) groups is 2. The third kappa shape index (κ3) is 3.55. The lowest BCUT2D eigenvalue weighted by molar-refractivity contribution is 0.0695. The van der Waals surface area contributed by atoms with E-state index in [4.69, 9.17) is 9.52 Å². The molecule has 0 aliphatic carbocycles. The number of hydrogen-bond donors (Lipinski definition) is 2. The molecular weight excluding hydrogens is 274 g/mol. The van der Waals surface area contributed by atoms with E-state index in [0.717, 1.165) is 13.0 Å². The van der Waals surface area contributed by atoms with Crippen molar-refractivity contribution < 1.29 is 19.1 Å². The molecule has 1 saturated heterocycles. The predicted molar refractivity (Wildman–Crippen MR) is 76.3 cm³/mol. The first-order valence-electron chi connectivity index (χ1n) is 6.90. The van der Waals surface area contributed by atoms with Crippen LogP contribution in [0.5, 0.6) is 0 Å². The molecule has 2 amide bonds. The molecule has 7 heteroatoms. The lowest BCUT2D eigenvalue weighted by atomic mass is 10.2. The monoisotopic (exact) mass is 295 g/mol. The van der Waals surface area contributed by atoms with E-state index in [0.29, 0.717) is 24.1 Å². The summed E-state index contributed by atoms with van der Waals surface area (Å²) in [6.07, 6.45) is 0.962. The number of carboxylic acid groups (broad SMARTS) is 1. The summed E-state index contributed by atoms with van der Waals surface area (Å²) in [6.45, 7) is 3.22. The second kappa shape index (κ2) is 6.17. The molecule has 0 aromatic carbocycles. The molecule has 2 rings (SSSR count). The Balaban J connectivity index is 1.87. The van der Waals surface area contributed by atoms with E-state index < -0.39 is 5.97 Å². The van der Waals surface area contributed by atoms with Gasteiger partial charge in [-0.1, -0.05) is 0 Å². The van der Waals surface area contributed by atoms with E-state index in [1.54, 1.807) is 11.8 Å². The molecule has 1 aromatic heterocycles. The smallest absolute Gasteiger partial charge is 0.339 e. The molecule has 2 heterocycles. The summed E-state index contributed by atoms with van der Waals surface area (Å²) < 4.78 is 5.33. The number of amides is 2. The van der Waals surface area contributed by atoms with Gasteiger partial charge < -0.3 is 24.6 Å². The zero-order valence-corrected chi connectivity index (χ0v) is 12.5. The summed E-state index contributed by atoms with van der Waals surface area (Å²) in [5.41, 5.74) is 0.132. The lowest BCUT2D eigenvalue weighted by Crippen LogP contribution is -2.40. The fourth-order valence-electron chi connectivity index (χ4n) is 2.47.